The number of carbonyl (C=O) groups excluding carboxylic acids is 1. The van der Waals surface area contributed by atoms with Crippen molar-refractivity contribution in [1.82, 2.24) is 4.57 Å². The van der Waals surface area contributed by atoms with E-state index in [1.54, 1.807) is 43.5 Å². The molecule has 0 saturated carbocycles. The van der Waals surface area contributed by atoms with Crippen molar-refractivity contribution in [2.24, 2.45) is 7.05 Å². The molecule has 0 bridgehead atoms. The second-order valence-corrected chi connectivity index (χ2v) is 5.75. The van der Waals surface area contributed by atoms with Gasteiger partial charge in [-0.05, 0) is 18.2 Å². The lowest BCUT2D eigenvalue weighted by Gasteiger charge is -2.17. The van der Waals surface area contributed by atoms with Crippen LogP contribution in [0.3, 0.4) is 0 Å². The van der Waals surface area contributed by atoms with E-state index < -0.39 is 11.5 Å². The van der Waals surface area contributed by atoms with Crippen LogP contribution in [0.25, 0.3) is 0 Å². The Balaban J connectivity index is 2.88. The summed E-state index contributed by atoms with van der Waals surface area (Å²) in [6.07, 6.45) is 2.05. The Labute approximate surface area is 138 Å². The summed E-state index contributed by atoms with van der Waals surface area (Å²) in [5.41, 5.74) is 0.132. The minimum absolute atomic E-state index is 0.273. The van der Waals surface area contributed by atoms with Gasteiger partial charge in [-0.2, -0.15) is 0 Å². The fourth-order valence-electron chi connectivity index (χ4n) is 2.59. The van der Waals surface area contributed by atoms with Crippen molar-refractivity contribution in [3.63, 3.8) is 0 Å². The van der Waals surface area contributed by atoms with Crippen LogP contribution in [0, 0.1) is 0 Å². The van der Waals surface area contributed by atoms with Crippen molar-refractivity contribution in [3.8, 4) is 0 Å². The van der Waals surface area contributed by atoms with Gasteiger partial charge in [-0.1, -0.05) is 37.3 Å². The maximum atomic E-state index is 12.9. The molecule has 0 fully saturated rings. The second kappa shape index (κ2) is 6.83. The van der Waals surface area contributed by atoms with Crippen molar-refractivity contribution in [3.05, 3.63) is 62.9 Å². The Morgan fingerprint density at radius 2 is 1.78 bits per heavy atom. The molecule has 0 aliphatic rings. The van der Waals surface area contributed by atoms with Crippen molar-refractivity contribution < 1.29 is 14.7 Å². The number of carboxylic acid groups (broad SMARTS) is 1. The molecule has 5 nitrogen and oxygen atoms in total. The van der Waals surface area contributed by atoms with E-state index in [-0.39, 0.29) is 11.3 Å². The standard InChI is InChI=1S/C17H17NO4S/c1-4-11-12(14(19)10-8-6-5-7-9-10)16(23-3)18(2)15(20)13(11)17(21)22/h5-9H,4H2,1-3H3,(H,21,22). The monoisotopic (exact) mass is 331 g/mol. The van der Waals surface area contributed by atoms with Gasteiger partial charge in [-0.25, -0.2) is 4.79 Å². The Kier molecular flexibility index (Phi) is 5.05. The number of benzene rings is 1. The van der Waals surface area contributed by atoms with Crippen LogP contribution in [-0.4, -0.2) is 27.7 Å². The van der Waals surface area contributed by atoms with Gasteiger partial charge in [0, 0.05) is 12.6 Å². The van der Waals surface area contributed by atoms with Gasteiger partial charge in [-0.15, -0.1) is 11.8 Å². The van der Waals surface area contributed by atoms with Gasteiger partial charge in [0.1, 0.15) is 5.56 Å². The van der Waals surface area contributed by atoms with Crippen LogP contribution < -0.4 is 5.56 Å². The number of carbonyl (C=O) groups is 2. The van der Waals surface area contributed by atoms with Gasteiger partial charge in [0.2, 0.25) is 0 Å². The maximum absolute atomic E-state index is 12.9. The zero-order chi connectivity index (χ0) is 17.1. The number of aromatic carboxylic acids is 1. The summed E-state index contributed by atoms with van der Waals surface area (Å²) in [5.74, 6) is -1.58. The first-order valence-electron chi connectivity index (χ1n) is 7.06. The van der Waals surface area contributed by atoms with Crippen LogP contribution in [0.2, 0.25) is 0 Å². The molecule has 0 saturated heterocycles. The predicted octanol–water partition coefficient (Wildman–Crippen LogP) is 2.60. The maximum Gasteiger partial charge on any atom is 0.341 e. The third-order valence-corrected chi connectivity index (χ3v) is 4.53. The average Bonchev–Trinajstić information content (AvgIpc) is 2.56. The number of thioether (sulfide) groups is 1. The number of nitrogens with zero attached hydrogens (tertiary/aromatic N) is 1. The van der Waals surface area contributed by atoms with Gasteiger partial charge in [0.15, 0.2) is 5.78 Å². The van der Waals surface area contributed by atoms with E-state index >= 15 is 0 Å². The fourth-order valence-corrected chi connectivity index (χ4v) is 3.37. The highest BCUT2D eigenvalue weighted by atomic mass is 32.2. The smallest absolute Gasteiger partial charge is 0.341 e. The van der Waals surface area contributed by atoms with Crippen molar-refractivity contribution >= 4 is 23.5 Å². The van der Waals surface area contributed by atoms with E-state index in [9.17, 15) is 19.5 Å². The van der Waals surface area contributed by atoms with Crippen molar-refractivity contribution in [1.29, 1.82) is 0 Å². The van der Waals surface area contributed by atoms with Crippen LogP contribution in [0.4, 0.5) is 0 Å². The zero-order valence-corrected chi connectivity index (χ0v) is 13.9. The summed E-state index contributed by atoms with van der Waals surface area (Å²) in [6.45, 7) is 1.74. The van der Waals surface area contributed by atoms with Crippen LogP contribution in [-0.2, 0) is 13.5 Å². The number of hydrogen-bond acceptors (Lipinski definition) is 4. The van der Waals surface area contributed by atoms with E-state index in [2.05, 4.69) is 0 Å². The van der Waals surface area contributed by atoms with Crippen LogP contribution in [0.5, 0.6) is 0 Å². The minimum Gasteiger partial charge on any atom is -0.477 e. The molecule has 2 aromatic rings. The molecule has 0 atom stereocenters. The first-order chi connectivity index (χ1) is 10.9. The molecule has 0 aliphatic heterocycles. The van der Waals surface area contributed by atoms with Gasteiger partial charge >= 0.3 is 5.97 Å². The van der Waals surface area contributed by atoms with Crippen LogP contribution in [0.1, 0.15) is 38.8 Å². The fraction of sp³-hybridized carbons (Fsp3) is 0.235. The molecule has 1 N–H and O–H groups in total. The Morgan fingerprint density at radius 1 is 1.17 bits per heavy atom. The van der Waals surface area contributed by atoms with Gasteiger partial charge < -0.3 is 9.67 Å². The molecule has 1 aromatic heterocycles. The van der Waals surface area contributed by atoms with E-state index in [4.69, 9.17) is 0 Å². The molecule has 0 radical (unpaired) electrons. The lowest BCUT2D eigenvalue weighted by atomic mass is 9.95. The summed E-state index contributed by atoms with van der Waals surface area (Å²) in [6, 6.07) is 8.65. The molecule has 23 heavy (non-hydrogen) atoms. The Bertz CT molecular complexity index is 825. The number of pyridine rings is 1. The van der Waals surface area contributed by atoms with Crippen molar-refractivity contribution in [2.75, 3.05) is 6.26 Å². The SMILES string of the molecule is CCc1c(C(=O)c2ccccc2)c(SC)n(C)c(=O)c1C(=O)O. The first-order valence-corrected chi connectivity index (χ1v) is 8.29. The van der Waals surface area contributed by atoms with Gasteiger partial charge in [0.25, 0.3) is 5.56 Å². The summed E-state index contributed by atoms with van der Waals surface area (Å²) in [7, 11) is 1.49. The molecule has 0 unspecified atom stereocenters. The summed E-state index contributed by atoms with van der Waals surface area (Å²) in [4.78, 5) is 36.8. The molecule has 0 spiro atoms. The number of aromatic nitrogens is 1. The van der Waals surface area contributed by atoms with Crippen LogP contribution in [0.15, 0.2) is 40.2 Å². The quantitative estimate of drug-likeness (QED) is 0.673. The molecular formula is C17H17NO4S. The summed E-state index contributed by atoms with van der Waals surface area (Å²) in [5, 5.41) is 9.89. The Morgan fingerprint density at radius 3 is 2.26 bits per heavy atom. The minimum atomic E-state index is -1.31. The molecule has 0 aliphatic carbocycles. The lowest BCUT2D eigenvalue weighted by Crippen LogP contribution is -2.30. The third kappa shape index (κ3) is 2.94. The molecule has 1 aromatic carbocycles. The van der Waals surface area contributed by atoms with Crippen LogP contribution >= 0.6 is 11.8 Å². The van der Waals surface area contributed by atoms with E-state index in [0.29, 0.717) is 28.1 Å². The molecule has 1 heterocycles. The first kappa shape index (κ1) is 17.0. The zero-order valence-electron chi connectivity index (χ0n) is 13.1. The number of carboxylic acids is 1. The summed E-state index contributed by atoms with van der Waals surface area (Å²) < 4.78 is 1.24. The highest BCUT2D eigenvalue weighted by molar-refractivity contribution is 7.98. The molecule has 120 valence electrons. The molecule has 0 amide bonds. The normalized spacial score (nSPS) is 10.6. The Hall–Kier alpha value is -2.34. The topological polar surface area (TPSA) is 76.4 Å². The number of ketones is 1. The van der Waals surface area contributed by atoms with E-state index in [1.807, 2.05) is 0 Å². The predicted molar refractivity (Wildman–Crippen MR) is 89.7 cm³/mol. The van der Waals surface area contributed by atoms with E-state index in [1.165, 1.54) is 23.4 Å². The molecular weight excluding hydrogens is 314 g/mol. The van der Waals surface area contributed by atoms with Crippen molar-refractivity contribution in [2.45, 2.75) is 18.4 Å². The molecule has 6 heteroatoms. The highest BCUT2D eigenvalue weighted by Crippen LogP contribution is 2.27. The average molecular weight is 331 g/mol. The number of rotatable bonds is 5. The molecule has 2 rings (SSSR count). The highest BCUT2D eigenvalue weighted by Gasteiger charge is 2.27. The lowest BCUT2D eigenvalue weighted by molar-refractivity contribution is 0.0692. The summed E-state index contributed by atoms with van der Waals surface area (Å²) >= 11 is 1.26. The van der Waals surface area contributed by atoms with Gasteiger partial charge in [-0.3, -0.25) is 9.59 Å². The third-order valence-electron chi connectivity index (χ3n) is 3.66. The van der Waals surface area contributed by atoms with Gasteiger partial charge in [0.05, 0.1) is 10.6 Å². The number of hydrogen-bond donors (Lipinski definition) is 1. The second-order valence-electron chi connectivity index (χ2n) is 4.96. The van der Waals surface area contributed by atoms with E-state index in [0.717, 1.165) is 0 Å². The largest absolute Gasteiger partial charge is 0.477 e.